The molecule has 1 aliphatic carbocycles. The summed E-state index contributed by atoms with van der Waals surface area (Å²) < 4.78 is 5.11. The molecule has 0 aromatic rings. The second-order valence-electron chi connectivity index (χ2n) is 5.21. The van der Waals surface area contributed by atoms with E-state index in [1.54, 1.807) is 7.11 Å². The van der Waals surface area contributed by atoms with Crippen LogP contribution in [0, 0.1) is 11.3 Å². The lowest BCUT2D eigenvalue weighted by Crippen LogP contribution is -2.52. The van der Waals surface area contributed by atoms with Gasteiger partial charge in [-0.1, -0.05) is 13.3 Å². The molecular weight excluding hydrogens is 190 g/mol. The Kier molecular flexibility index (Phi) is 4.15. The topological polar surface area (TPSA) is 55.5 Å². The fourth-order valence-electron chi connectivity index (χ4n) is 2.91. The van der Waals surface area contributed by atoms with Crippen LogP contribution in [0.25, 0.3) is 0 Å². The van der Waals surface area contributed by atoms with Gasteiger partial charge in [-0.25, -0.2) is 0 Å². The van der Waals surface area contributed by atoms with Crippen LogP contribution in [0.2, 0.25) is 0 Å². The fourth-order valence-corrected chi connectivity index (χ4v) is 2.91. The smallest absolute Gasteiger partial charge is 0.0919 e. The van der Waals surface area contributed by atoms with Crippen molar-refractivity contribution in [2.45, 2.75) is 45.1 Å². The summed E-state index contributed by atoms with van der Waals surface area (Å²) in [7, 11) is 1.63. The van der Waals surface area contributed by atoms with Crippen molar-refractivity contribution in [2.24, 2.45) is 17.1 Å². The first-order valence-corrected chi connectivity index (χ1v) is 5.92. The third-order valence-electron chi connectivity index (χ3n) is 4.25. The Morgan fingerprint density at radius 1 is 1.60 bits per heavy atom. The van der Waals surface area contributed by atoms with E-state index in [2.05, 4.69) is 6.92 Å². The minimum absolute atomic E-state index is 0.135. The number of hydrogen-bond acceptors (Lipinski definition) is 3. The van der Waals surface area contributed by atoms with Gasteiger partial charge in [0.1, 0.15) is 0 Å². The van der Waals surface area contributed by atoms with E-state index in [9.17, 15) is 5.11 Å². The molecule has 0 amide bonds. The lowest BCUT2D eigenvalue weighted by atomic mass is 9.71. The van der Waals surface area contributed by atoms with Crippen molar-refractivity contribution in [1.82, 2.24) is 0 Å². The minimum atomic E-state index is -0.791. The monoisotopic (exact) mass is 215 g/mol. The number of methoxy groups -OCH3 is 1. The SMILES string of the molecule is CCC1CCC(CN)(C(C)(O)COC)C1. The van der Waals surface area contributed by atoms with Crippen LogP contribution in [0.15, 0.2) is 0 Å². The summed E-state index contributed by atoms with van der Waals surface area (Å²) in [5.41, 5.74) is 4.96. The first kappa shape index (κ1) is 12.9. The Balaban J connectivity index is 2.77. The molecule has 1 fully saturated rings. The molecule has 3 N–H and O–H groups in total. The summed E-state index contributed by atoms with van der Waals surface area (Å²) in [4.78, 5) is 0. The van der Waals surface area contributed by atoms with Gasteiger partial charge in [-0.05, 0) is 32.1 Å². The molecule has 0 radical (unpaired) electrons. The summed E-state index contributed by atoms with van der Waals surface area (Å²) >= 11 is 0. The summed E-state index contributed by atoms with van der Waals surface area (Å²) in [6.07, 6.45) is 4.44. The number of hydrogen-bond donors (Lipinski definition) is 2. The van der Waals surface area contributed by atoms with E-state index in [0.717, 1.165) is 18.8 Å². The zero-order valence-corrected chi connectivity index (χ0v) is 10.3. The molecule has 0 saturated heterocycles. The standard InChI is InChI=1S/C12H25NO2/c1-4-10-5-6-12(7-10,8-13)11(2,14)9-15-3/h10,14H,4-9,13H2,1-3H3. The van der Waals surface area contributed by atoms with E-state index < -0.39 is 5.60 Å². The van der Waals surface area contributed by atoms with Gasteiger partial charge in [0.2, 0.25) is 0 Å². The zero-order chi connectivity index (χ0) is 11.5. The Bertz CT molecular complexity index is 206. The van der Waals surface area contributed by atoms with Gasteiger partial charge in [-0.2, -0.15) is 0 Å². The van der Waals surface area contributed by atoms with Gasteiger partial charge >= 0.3 is 0 Å². The van der Waals surface area contributed by atoms with Crippen LogP contribution in [0.1, 0.15) is 39.5 Å². The normalized spacial score (nSPS) is 35.4. The van der Waals surface area contributed by atoms with Crippen molar-refractivity contribution >= 4 is 0 Å². The molecule has 3 nitrogen and oxygen atoms in total. The van der Waals surface area contributed by atoms with Gasteiger partial charge in [0.15, 0.2) is 0 Å². The summed E-state index contributed by atoms with van der Waals surface area (Å²) in [6, 6.07) is 0. The maximum Gasteiger partial charge on any atom is 0.0919 e. The maximum atomic E-state index is 10.5. The van der Waals surface area contributed by atoms with Crippen molar-refractivity contribution in [2.75, 3.05) is 20.3 Å². The summed E-state index contributed by atoms with van der Waals surface area (Å²) in [6.45, 7) is 5.00. The molecule has 3 heteroatoms. The molecule has 1 saturated carbocycles. The largest absolute Gasteiger partial charge is 0.387 e. The Morgan fingerprint density at radius 2 is 2.27 bits per heavy atom. The molecule has 0 bridgehead atoms. The van der Waals surface area contributed by atoms with Crippen molar-refractivity contribution in [3.8, 4) is 0 Å². The van der Waals surface area contributed by atoms with Crippen LogP contribution < -0.4 is 5.73 Å². The van der Waals surface area contributed by atoms with Gasteiger partial charge in [0.25, 0.3) is 0 Å². The number of nitrogens with two attached hydrogens (primary N) is 1. The number of ether oxygens (including phenoxy) is 1. The predicted molar refractivity (Wildman–Crippen MR) is 61.6 cm³/mol. The van der Waals surface area contributed by atoms with E-state index in [1.807, 2.05) is 6.92 Å². The zero-order valence-electron chi connectivity index (χ0n) is 10.3. The molecule has 3 atom stereocenters. The van der Waals surface area contributed by atoms with Crippen LogP contribution in [0.3, 0.4) is 0 Å². The van der Waals surface area contributed by atoms with Crippen molar-refractivity contribution in [3.05, 3.63) is 0 Å². The Hall–Kier alpha value is -0.120. The molecule has 1 aliphatic rings. The third-order valence-corrected chi connectivity index (χ3v) is 4.25. The van der Waals surface area contributed by atoms with Crippen LogP contribution >= 0.6 is 0 Å². The van der Waals surface area contributed by atoms with Crippen LogP contribution in [-0.2, 0) is 4.74 Å². The second-order valence-corrected chi connectivity index (χ2v) is 5.21. The lowest BCUT2D eigenvalue weighted by Gasteiger charge is -2.42. The summed E-state index contributed by atoms with van der Waals surface area (Å²) in [5.74, 6) is 0.719. The molecule has 15 heavy (non-hydrogen) atoms. The van der Waals surface area contributed by atoms with Crippen LogP contribution in [0.4, 0.5) is 0 Å². The lowest BCUT2D eigenvalue weighted by molar-refractivity contribution is -0.108. The maximum absolute atomic E-state index is 10.5. The van der Waals surface area contributed by atoms with Crippen LogP contribution in [-0.4, -0.2) is 31.0 Å². The Labute approximate surface area is 93.0 Å². The van der Waals surface area contributed by atoms with E-state index >= 15 is 0 Å². The average molecular weight is 215 g/mol. The number of aliphatic hydroxyl groups is 1. The van der Waals surface area contributed by atoms with Gasteiger partial charge < -0.3 is 15.6 Å². The van der Waals surface area contributed by atoms with Crippen molar-refractivity contribution in [3.63, 3.8) is 0 Å². The first-order valence-electron chi connectivity index (χ1n) is 5.92. The molecule has 0 spiro atoms. The number of rotatable bonds is 5. The Morgan fingerprint density at radius 3 is 2.67 bits per heavy atom. The summed E-state index contributed by atoms with van der Waals surface area (Å²) in [5, 5.41) is 10.5. The van der Waals surface area contributed by atoms with E-state index in [1.165, 1.54) is 12.8 Å². The minimum Gasteiger partial charge on any atom is -0.387 e. The molecular formula is C12H25NO2. The highest BCUT2D eigenvalue weighted by Crippen LogP contribution is 2.49. The first-order chi connectivity index (χ1) is 7.01. The van der Waals surface area contributed by atoms with Gasteiger partial charge in [-0.15, -0.1) is 0 Å². The average Bonchev–Trinajstić information content (AvgIpc) is 2.62. The molecule has 1 rings (SSSR count). The van der Waals surface area contributed by atoms with Crippen molar-refractivity contribution in [1.29, 1.82) is 0 Å². The van der Waals surface area contributed by atoms with Crippen molar-refractivity contribution < 1.29 is 9.84 Å². The highest BCUT2D eigenvalue weighted by atomic mass is 16.5. The predicted octanol–water partition coefficient (Wildman–Crippen LogP) is 1.54. The van der Waals surface area contributed by atoms with Crippen LogP contribution in [0.5, 0.6) is 0 Å². The van der Waals surface area contributed by atoms with E-state index in [0.29, 0.717) is 13.2 Å². The third kappa shape index (κ3) is 2.35. The molecule has 0 heterocycles. The van der Waals surface area contributed by atoms with E-state index in [-0.39, 0.29) is 5.41 Å². The highest BCUT2D eigenvalue weighted by molar-refractivity contribution is 5.01. The molecule has 0 aliphatic heterocycles. The molecule has 0 aromatic heterocycles. The van der Waals surface area contributed by atoms with E-state index in [4.69, 9.17) is 10.5 Å². The second kappa shape index (κ2) is 4.81. The highest BCUT2D eigenvalue weighted by Gasteiger charge is 2.50. The molecule has 90 valence electrons. The quantitative estimate of drug-likeness (QED) is 0.731. The van der Waals surface area contributed by atoms with Gasteiger partial charge in [-0.3, -0.25) is 0 Å². The van der Waals surface area contributed by atoms with Gasteiger partial charge in [0.05, 0.1) is 12.2 Å². The molecule has 0 aromatic carbocycles. The molecule has 3 unspecified atom stereocenters. The fraction of sp³-hybridized carbons (Fsp3) is 1.00. The van der Waals surface area contributed by atoms with Gasteiger partial charge in [0, 0.05) is 19.1 Å².